The Morgan fingerprint density at radius 2 is 1.91 bits per heavy atom. The van der Waals surface area contributed by atoms with E-state index in [2.05, 4.69) is 9.72 Å². The number of aromatic nitrogens is 1. The fraction of sp³-hybridized carbons (Fsp3) is 0.538. The number of alkyl halides is 5. The predicted octanol–water partition coefficient (Wildman–Crippen LogP) is 4.50. The summed E-state index contributed by atoms with van der Waals surface area (Å²) in [4.78, 5) is 14.8. The van der Waals surface area contributed by atoms with E-state index in [9.17, 15) is 26.7 Å². The molecule has 22 heavy (non-hydrogen) atoms. The number of hydrogen-bond acceptors (Lipinski definition) is 4. The molecule has 3 nitrogen and oxygen atoms in total. The molecular weight excluding hydrogens is 329 g/mol. The van der Waals surface area contributed by atoms with Crippen LogP contribution in [0.5, 0.6) is 0 Å². The van der Waals surface area contributed by atoms with Crippen LogP contribution < -0.4 is 0 Å². The van der Waals surface area contributed by atoms with Gasteiger partial charge in [0.2, 0.25) is 0 Å². The zero-order valence-corrected chi connectivity index (χ0v) is 12.9. The van der Waals surface area contributed by atoms with E-state index in [1.165, 1.54) is 20.1 Å². The van der Waals surface area contributed by atoms with E-state index in [4.69, 9.17) is 0 Å². The largest absolute Gasteiger partial charge is 0.462 e. The highest BCUT2D eigenvalue weighted by molar-refractivity contribution is 7.98. The van der Waals surface area contributed by atoms with E-state index in [1.54, 1.807) is 0 Å². The molecule has 0 fully saturated rings. The number of hydrogen-bond donors (Lipinski definition) is 0. The minimum atomic E-state index is -5.04. The summed E-state index contributed by atoms with van der Waals surface area (Å²) in [5, 5.41) is 0. The number of rotatable bonds is 5. The van der Waals surface area contributed by atoms with Crippen molar-refractivity contribution in [2.24, 2.45) is 0 Å². The summed E-state index contributed by atoms with van der Waals surface area (Å²) >= 11 is 0.826. The van der Waals surface area contributed by atoms with E-state index < -0.39 is 35.5 Å². The molecular formula is C13H14F5NO2S. The van der Waals surface area contributed by atoms with Crippen LogP contribution in [0.3, 0.4) is 0 Å². The summed E-state index contributed by atoms with van der Waals surface area (Å²) in [5.41, 5.74) is -3.50. The van der Waals surface area contributed by atoms with Crippen LogP contribution in [0.1, 0.15) is 47.6 Å². The minimum absolute atomic E-state index is 0.0321. The predicted molar refractivity (Wildman–Crippen MR) is 71.3 cm³/mol. The van der Waals surface area contributed by atoms with Gasteiger partial charge in [-0.3, -0.25) is 0 Å². The number of esters is 1. The van der Waals surface area contributed by atoms with Gasteiger partial charge in [0.15, 0.2) is 5.69 Å². The molecule has 9 heteroatoms. The molecule has 0 aliphatic rings. The van der Waals surface area contributed by atoms with Crippen molar-refractivity contribution in [1.82, 2.24) is 4.98 Å². The Morgan fingerprint density at radius 1 is 1.32 bits per heavy atom. The lowest BCUT2D eigenvalue weighted by Crippen LogP contribution is -2.22. The summed E-state index contributed by atoms with van der Waals surface area (Å²) in [6, 6.07) is 0. The van der Waals surface area contributed by atoms with Crippen molar-refractivity contribution < 1.29 is 31.5 Å². The highest BCUT2D eigenvalue weighted by Gasteiger charge is 2.41. The highest BCUT2D eigenvalue weighted by Crippen LogP contribution is 2.40. The van der Waals surface area contributed by atoms with Crippen LogP contribution in [0.15, 0.2) is 4.90 Å². The lowest BCUT2D eigenvalue weighted by Gasteiger charge is -2.19. The number of carbonyl (C=O) groups is 1. The Hall–Kier alpha value is -1.38. The van der Waals surface area contributed by atoms with Crippen LogP contribution in [-0.2, 0) is 17.3 Å². The van der Waals surface area contributed by atoms with Gasteiger partial charge in [0, 0.05) is 4.90 Å². The first-order chi connectivity index (χ1) is 10.2. The zero-order valence-electron chi connectivity index (χ0n) is 12.1. The number of thioether (sulfide) groups is 1. The van der Waals surface area contributed by atoms with Gasteiger partial charge in [-0.05, 0) is 25.2 Å². The molecule has 0 saturated heterocycles. The lowest BCUT2D eigenvalue weighted by atomic mass is 10.0. The van der Waals surface area contributed by atoms with Gasteiger partial charge in [-0.15, -0.1) is 11.8 Å². The number of carbonyl (C=O) groups excluding carboxylic acids is 1. The Kier molecular flexibility index (Phi) is 6.16. The highest BCUT2D eigenvalue weighted by atomic mass is 32.2. The lowest BCUT2D eigenvalue weighted by molar-refractivity contribution is -0.142. The summed E-state index contributed by atoms with van der Waals surface area (Å²) < 4.78 is 70.0. The molecule has 0 aliphatic heterocycles. The third-order valence-corrected chi connectivity index (χ3v) is 3.65. The Balaban J connectivity index is 3.80. The van der Waals surface area contributed by atoms with Gasteiger partial charge >= 0.3 is 12.1 Å². The molecule has 0 spiro atoms. The number of ether oxygens (including phenoxy) is 1. The molecule has 1 aromatic heterocycles. The maximum Gasteiger partial charge on any atom is 0.434 e. The number of halogens is 5. The fourth-order valence-electron chi connectivity index (χ4n) is 1.98. The fourth-order valence-corrected chi connectivity index (χ4v) is 2.82. The summed E-state index contributed by atoms with van der Waals surface area (Å²) in [6.45, 7) is 2.78. The van der Waals surface area contributed by atoms with Gasteiger partial charge in [0.1, 0.15) is 5.69 Å². The van der Waals surface area contributed by atoms with Crippen LogP contribution in [0.25, 0.3) is 0 Å². The van der Waals surface area contributed by atoms with Crippen molar-refractivity contribution in [3.05, 3.63) is 22.5 Å². The van der Waals surface area contributed by atoms with Crippen LogP contribution in [0.2, 0.25) is 0 Å². The van der Waals surface area contributed by atoms with Gasteiger partial charge in [-0.25, -0.2) is 18.6 Å². The summed E-state index contributed by atoms with van der Waals surface area (Å²) in [6.07, 6.45) is -6.81. The summed E-state index contributed by atoms with van der Waals surface area (Å²) in [7, 11) is 0. The first-order valence-corrected chi connectivity index (χ1v) is 7.54. The molecule has 0 aliphatic carbocycles. The molecule has 1 heterocycles. The van der Waals surface area contributed by atoms with Crippen LogP contribution >= 0.6 is 11.8 Å². The molecule has 0 aromatic carbocycles. The van der Waals surface area contributed by atoms with Gasteiger partial charge in [0.25, 0.3) is 6.43 Å². The molecule has 0 bridgehead atoms. The first kappa shape index (κ1) is 18.7. The van der Waals surface area contributed by atoms with Crippen molar-refractivity contribution in [3.8, 4) is 0 Å². The van der Waals surface area contributed by atoms with Crippen molar-refractivity contribution >= 4 is 17.7 Å². The van der Waals surface area contributed by atoms with Crippen molar-refractivity contribution in [2.75, 3.05) is 12.9 Å². The first-order valence-electron chi connectivity index (χ1n) is 6.32. The molecule has 0 saturated carbocycles. The SMILES string of the molecule is CCOC(=O)c1c(C(F)(F)F)nc(C(F)F)c(SC)c1CC. The molecule has 0 amide bonds. The van der Waals surface area contributed by atoms with Gasteiger partial charge in [-0.2, -0.15) is 13.2 Å². The second kappa shape index (κ2) is 7.26. The maximum atomic E-state index is 13.1. The monoisotopic (exact) mass is 343 g/mol. The number of nitrogens with zero attached hydrogens (tertiary/aromatic N) is 1. The minimum Gasteiger partial charge on any atom is -0.462 e. The molecule has 0 N–H and O–H groups in total. The molecule has 0 radical (unpaired) electrons. The van der Waals surface area contributed by atoms with Crippen LogP contribution in [0.4, 0.5) is 22.0 Å². The molecule has 0 atom stereocenters. The topological polar surface area (TPSA) is 39.2 Å². The Labute approximate surface area is 128 Å². The van der Waals surface area contributed by atoms with Gasteiger partial charge in [0.05, 0.1) is 12.2 Å². The molecule has 124 valence electrons. The van der Waals surface area contributed by atoms with Crippen LogP contribution in [-0.4, -0.2) is 23.8 Å². The number of pyridine rings is 1. The smallest absolute Gasteiger partial charge is 0.434 e. The van der Waals surface area contributed by atoms with E-state index in [-0.39, 0.29) is 23.5 Å². The summed E-state index contributed by atoms with van der Waals surface area (Å²) in [5.74, 6) is -1.21. The molecule has 1 rings (SSSR count). The third-order valence-electron chi connectivity index (χ3n) is 2.79. The molecule has 0 unspecified atom stereocenters. The van der Waals surface area contributed by atoms with Crippen molar-refractivity contribution in [1.29, 1.82) is 0 Å². The standard InChI is InChI=1S/C13H14F5NO2S/c1-4-6-7(12(20)21-5-2)10(13(16,17)18)19-8(11(14)15)9(6)22-3/h11H,4-5H2,1-3H3. The van der Waals surface area contributed by atoms with E-state index in [0.717, 1.165) is 11.8 Å². The van der Waals surface area contributed by atoms with Crippen LogP contribution in [0, 0.1) is 0 Å². The second-order valence-electron chi connectivity index (χ2n) is 4.10. The van der Waals surface area contributed by atoms with Crippen molar-refractivity contribution in [3.63, 3.8) is 0 Å². The second-order valence-corrected chi connectivity index (χ2v) is 4.92. The zero-order chi connectivity index (χ0) is 17.1. The Morgan fingerprint density at radius 3 is 2.27 bits per heavy atom. The normalized spacial score (nSPS) is 11.9. The van der Waals surface area contributed by atoms with Gasteiger partial charge in [-0.1, -0.05) is 6.92 Å². The average Bonchev–Trinajstić information content (AvgIpc) is 2.43. The van der Waals surface area contributed by atoms with Crippen molar-refractivity contribution in [2.45, 2.75) is 37.8 Å². The third kappa shape index (κ3) is 3.68. The van der Waals surface area contributed by atoms with Gasteiger partial charge < -0.3 is 4.74 Å². The Bertz CT molecular complexity index is 560. The molecule has 1 aromatic rings. The average molecular weight is 343 g/mol. The van der Waals surface area contributed by atoms with E-state index >= 15 is 0 Å². The van der Waals surface area contributed by atoms with E-state index in [1.807, 2.05) is 0 Å². The van der Waals surface area contributed by atoms with E-state index in [0.29, 0.717) is 0 Å². The quantitative estimate of drug-likeness (QED) is 0.448. The maximum absolute atomic E-state index is 13.1.